The van der Waals surface area contributed by atoms with Crippen molar-refractivity contribution in [1.82, 2.24) is 30.6 Å². The van der Waals surface area contributed by atoms with E-state index in [1.54, 1.807) is 36.4 Å². The van der Waals surface area contributed by atoms with Crippen LogP contribution in [-0.4, -0.2) is 60.5 Å². The maximum Gasteiger partial charge on any atom is 0.326 e. The third kappa shape index (κ3) is 7.98. The van der Waals surface area contributed by atoms with Crippen molar-refractivity contribution in [1.29, 1.82) is 0 Å². The third-order valence-corrected chi connectivity index (χ3v) is 6.04. The van der Waals surface area contributed by atoms with E-state index in [0.29, 0.717) is 24.3 Å². The van der Waals surface area contributed by atoms with Gasteiger partial charge in [-0.05, 0) is 54.8 Å². The molecule has 1 atom stereocenters. The molecule has 8 N–H and O–H groups in total. The number of hydrogen-bond acceptors (Lipinski definition) is 10. The van der Waals surface area contributed by atoms with Crippen LogP contribution < -0.4 is 27.2 Å². The summed E-state index contributed by atoms with van der Waals surface area (Å²) in [5.41, 5.74) is 7.50. The number of carboxylic acid groups (broad SMARTS) is 1. The highest BCUT2D eigenvalue weighted by atomic mass is 16.4. The Bertz CT molecular complexity index is 1610. The van der Waals surface area contributed by atoms with E-state index in [9.17, 15) is 29.4 Å². The van der Waals surface area contributed by atoms with Gasteiger partial charge in [0.2, 0.25) is 11.9 Å². The molecule has 0 aliphatic rings. The van der Waals surface area contributed by atoms with E-state index in [1.807, 2.05) is 0 Å². The Labute approximate surface area is 233 Å². The lowest BCUT2D eigenvalue weighted by Gasteiger charge is -2.15. The normalized spacial score (nSPS) is 11.5. The first-order chi connectivity index (χ1) is 19.7. The number of amides is 2. The molecule has 0 aliphatic carbocycles. The topological polar surface area (TPSA) is 225 Å². The van der Waals surface area contributed by atoms with E-state index >= 15 is 0 Å². The molecular formula is C27H28N8O6. The van der Waals surface area contributed by atoms with Crippen LogP contribution in [0.4, 0.5) is 11.6 Å². The summed E-state index contributed by atoms with van der Waals surface area (Å²) < 4.78 is 0. The van der Waals surface area contributed by atoms with Crippen LogP contribution in [0.3, 0.4) is 0 Å². The van der Waals surface area contributed by atoms with Crippen molar-refractivity contribution in [3.63, 3.8) is 0 Å². The number of aromatic amines is 1. The van der Waals surface area contributed by atoms with Gasteiger partial charge in [-0.15, -0.1) is 0 Å². The number of nitrogens with one attached hydrogen (secondary N) is 4. The van der Waals surface area contributed by atoms with Crippen molar-refractivity contribution in [2.24, 2.45) is 0 Å². The molecule has 2 heterocycles. The fourth-order valence-electron chi connectivity index (χ4n) is 3.86. The molecule has 14 heteroatoms. The highest BCUT2D eigenvalue weighted by Crippen LogP contribution is 2.13. The second-order valence-corrected chi connectivity index (χ2v) is 9.08. The number of aliphatic carboxylic acids is 1. The standard InChI is InChI=1S/C27H28N8O6/c28-27-34-23-22(25(39)35-27)32-18(14-31-23)13-30-17-5-3-16(4-6-17)24(38)33-20(26(40)41)9-10-21(37)29-12-11-15-1-7-19(36)8-2-15/h1-8,14,20,30,36H,9-13H2,(H,29,37)(H,33,38)(H,40,41)(H3,28,31,34,35,39)/t20-/m0/s1. The number of phenols is 1. The van der Waals surface area contributed by atoms with E-state index in [1.165, 1.54) is 18.3 Å². The van der Waals surface area contributed by atoms with Gasteiger partial charge in [-0.1, -0.05) is 12.1 Å². The molecule has 0 saturated heterocycles. The van der Waals surface area contributed by atoms with Crippen LogP contribution in [0.25, 0.3) is 11.2 Å². The Kier molecular flexibility index (Phi) is 9.04. The van der Waals surface area contributed by atoms with Crippen LogP contribution >= 0.6 is 0 Å². The maximum absolute atomic E-state index is 12.6. The van der Waals surface area contributed by atoms with Crippen LogP contribution in [0.5, 0.6) is 5.75 Å². The van der Waals surface area contributed by atoms with Crippen LogP contribution in [0.15, 0.2) is 59.5 Å². The van der Waals surface area contributed by atoms with Gasteiger partial charge in [0.1, 0.15) is 11.8 Å². The summed E-state index contributed by atoms with van der Waals surface area (Å²) in [6.07, 6.45) is 1.86. The van der Waals surface area contributed by atoms with Crippen molar-refractivity contribution in [3.8, 4) is 5.75 Å². The van der Waals surface area contributed by atoms with E-state index in [-0.39, 0.29) is 53.7 Å². The molecule has 2 amide bonds. The minimum absolute atomic E-state index is 0.0508. The number of nitrogens with two attached hydrogens (primary N) is 1. The van der Waals surface area contributed by atoms with Gasteiger partial charge in [-0.2, -0.15) is 4.98 Å². The lowest BCUT2D eigenvalue weighted by molar-refractivity contribution is -0.139. The molecule has 212 valence electrons. The highest BCUT2D eigenvalue weighted by Gasteiger charge is 2.21. The van der Waals surface area contributed by atoms with Gasteiger partial charge in [-0.25, -0.2) is 14.8 Å². The molecule has 0 bridgehead atoms. The Morgan fingerprint density at radius 2 is 1.76 bits per heavy atom. The molecule has 0 radical (unpaired) electrons. The minimum atomic E-state index is -1.25. The van der Waals surface area contributed by atoms with Crippen LogP contribution in [0, 0.1) is 0 Å². The zero-order valence-electron chi connectivity index (χ0n) is 21.8. The first-order valence-electron chi connectivity index (χ1n) is 12.6. The van der Waals surface area contributed by atoms with Gasteiger partial charge in [0.05, 0.1) is 18.4 Å². The molecule has 41 heavy (non-hydrogen) atoms. The average Bonchev–Trinajstić information content (AvgIpc) is 2.95. The minimum Gasteiger partial charge on any atom is -0.508 e. The highest BCUT2D eigenvalue weighted by molar-refractivity contribution is 5.97. The molecule has 0 fully saturated rings. The van der Waals surface area contributed by atoms with E-state index in [4.69, 9.17) is 5.73 Å². The second kappa shape index (κ2) is 13.0. The number of benzene rings is 2. The Morgan fingerprint density at radius 3 is 2.46 bits per heavy atom. The molecule has 0 unspecified atom stereocenters. The van der Waals surface area contributed by atoms with Gasteiger partial charge in [-0.3, -0.25) is 19.4 Å². The number of aromatic nitrogens is 4. The number of carboxylic acids is 1. The second-order valence-electron chi connectivity index (χ2n) is 9.08. The number of carbonyl (C=O) groups is 3. The number of H-pyrrole nitrogens is 1. The van der Waals surface area contributed by atoms with Crippen molar-refractivity contribution < 1.29 is 24.6 Å². The van der Waals surface area contributed by atoms with Gasteiger partial charge in [0.15, 0.2) is 11.2 Å². The number of phenolic OH excluding ortho intramolecular Hbond substituents is 1. The molecule has 0 aliphatic heterocycles. The fourth-order valence-corrected chi connectivity index (χ4v) is 3.86. The first-order valence-corrected chi connectivity index (χ1v) is 12.6. The maximum atomic E-state index is 12.6. The lowest BCUT2D eigenvalue weighted by Crippen LogP contribution is -2.41. The number of nitrogen functional groups attached to an aromatic ring is 1. The predicted molar refractivity (Wildman–Crippen MR) is 149 cm³/mol. The monoisotopic (exact) mass is 560 g/mol. The number of nitrogens with zero attached hydrogens (tertiary/aromatic N) is 3. The predicted octanol–water partition coefficient (Wildman–Crippen LogP) is 0.935. The number of hydrogen-bond donors (Lipinski definition) is 7. The van der Waals surface area contributed by atoms with Crippen molar-refractivity contribution in [2.45, 2.75) is 31.8 Å². The zero-order chi connectivity index (χ0) is 29.4. The van der Waals surface area contributed by atoms with E-state index in [2.05, 4.69) is 35.9 Å². The number of aromatic hydroxyl groups is 1. The molecule has 0 saturated carbocycles. The molecular weight excluding hydrogens is 532 g/mol. The molecule has 0 spiro atoms. The Hall–Kier alpha value is -5.53. The average molecular weight is 561 g/mol. The number of anilines is 2. The van der Waals surface area contributed by atoms with Crippen LogP contribution in [0.2, 0.25) is 0 Å². The smallest absolute Gasteiger partial charge is 0.326 e. The summed E-state index contributed by atoms with van der Waals surface area (Å²) in [5.74, 6) is -2.07. The Morgan fingerprint density at radius 1 is 1.02 bits per heavy atom. The summed E-state index contributed by atoms with van der Waals surface area (Å²) >= 11 is 0. The van der Waals surface area contributed by atoms with Crippen molar-refractivity contribution >= 4 is 40.6 Å². The van der Waals surface area contributed by atoms with Gasteiger partial charge in [0, 0.05) is 24.2 Å². The summed E-state index contributed by atoms with van der Waals surface area (Å²) in [6, 6.07) is 11.7. The summed E-state index contributed by atoms with van der Waals surface area (Å²) in [5, 5.41) is 27.1. The summed E-state index contributed by atoms with van der Waals surface area (Å²) in [4.78, 5) is 63.2. The van der Waals surface area contributed by atoms with Gasteiger partial charge < -0.3 is 31.9 Å². The number of rotatable bonds is 12. The Balaban J connectivity index is 1.25. The van der Waals surface area contributed by atoms with E-state index < -0.39 is 23.5 Å². The molecule has 4 rings (SSSR count). The summed E-state index contributed by atoms with van der Waals surface area (Å²) in [6.45, 7) is 0.586. The molecule has 2 aromatic carbocycles. The summed E-state index contributed by atoms with van der Waals surface area (Å²) in [7, 11) is 0. The number of carbonyl (C=O) groups excluding carboxylic acids is 2. The van der Waals surface area contributed by atoms with Gasteiger partial charge >= 0.3 is 5.97 Å². The third-order valence-electron chi connectivity index (χ3n) is 6.04. The molecule has 14 nitrogen and oxygen atoms in total. The lowest BCUT2D eigenvalue weighted by atomic mass is 10.1. The SMILES string of the molecule is Nc1nc2ncc(CNc3ccc(C(=O)N[C@@H](CCC(=O)NCCc4ccc(O)cc4)C(=O)O)cc3)nc2c(=O)[nH]1. The van der Waals surface area contributed by atoms with E-state index in [0.717, 1.165) is 5.56 Å². The molecule has 2 aromatic heterocycles. The largest absolute Gasteiger partial charge is 0.508 e. The van der Waals surface area contributed by atoms with Crippen molar-refractivity contribution in [2.75, 3.05) is 17.6 Å². The zero-order valence-corrected chi connectivity index (χ0v) is 21.8. The van der Waals surface area contributed by atoms with Crippen molar-refractivity contribution in [3.05, 3.63) is 81.9 Å². The first kappa shape index (κ1) is 28.5. The fraction of sp³-hybridized carbons (Fsp3) is 0.222. The van der Waals surface area contributed by atoms with Gasteiger partial charge in [0.25, 0.3) is 11.5 Å². The van der Waals surface area contributed by atoms with Crippen LogP contribution in [0.1, 0.15) is 34.5 Å². The number of fused-ring (bicyclic) bond motifs is 1. The van der Waals surface area contributed by atoms with Crippen LogP contribution in [-0.2, 0) is 22.6 Å². The quantitative estimate of drug-likeness (QED) is 0.129. The molecule has 4 aromatic rings.